The topological polar surface area (TPSA) is 95.0 Å². The molecule has 8 heteroatoms. The summed E-state index contributed by atoms with van der Waals surface area (Å²) < 4.78 is 22.1. The number of aliphatic carboxylic acids is 1. The lowest BCUT2D eigenvalue weighted by atomic mass is 10.3. The van der Waals surface area contributed by atoms with E-state index in [4.69, 9.17) is 5.11 Å². The lowest BCUT2D eigenvalue weighted by molar-refractivity contribution is -0.137. The van der Waals surface area contributed by atoms with Crippen molar-refractivity contribution >= 4 is 21.8 Å². The molecule has 1 aliphatic rings. The van der Waals surface area contributed by atoms with Gasteiger partial charge in [0.25, 0.3) is 0 Å². The Morgan fingerprint density at radius 3 is 2.32 bits per heavy atom. The highest BCUT2D eigenvalue weighted by Gasteiger charge is 2.29. The van der Waals surface area contributed by atoms with E-state index in [1.54, 1.807) is 0 Å². The number of urea groups is 1. The molecule has 1 N–H and O–H groups in total. The lowest BCUT2D eigenvalue weighted by Gasteiger charge is -2.26. The second-order valence-electron chi connectivity index (χ2n) is 5.05. The average Bonchev–Trinajstić information content (AvgIpc) is 3.06. The fourth-order valence-corrected chi connectivity index (χ4v) is 2.23. The summed E-state index contributed by atoms with van der Waals surface area (Å²) in [7, 11) is -1.66. The summed E-state index contributed by atoms with van der Waals surface area (Å²) in [5.74, 6) is -0.809. The summed E-state index contributed by atoms with van der Waals surface area (Å²) in [4.78, 5) is 25.3. The minimum Gasteiger partial charge on any atom is -0.480 e. The van der Waals surface area contributed by atoms with Crippen molar-refractivity contribution in [1.29, 1.82) is 0 Å². The van der Waals surface area contributed by atoms with Gasteiger partial charge >= 0.3 is 12.0 Å². The minimum absolute atomic E-state index is 0.0679. The molecule has 7 nitrogen and oxygen atoms in total. The minimum atomic E-state index is -3.14. The van der Waals surface area contributed by atoms with Crippen molar-refractivity contribution in [1.82, 2.24) is 9.80 Å². The van der Waals surface area contributed by atoms with Crippen LogP contribution in [0.15, 0.2) is 0 Å². The Balaban J connectivity index is 2.55. The molecule has 0 radical (unpaired) electrons. The molecule has 1 rings (SSSR count). The normalized spacial score (nSPS) is 15.1. The van der Waals surface area contributed by atoms with E-state index in [1.807, 2.05) is 0 Å². The largest absolute Gasteiger partial charge is 0.480 e. The van der Waals surface area contributed by atoms with E-state index < -0.39 is 21.8 Å². The van der Waals surface area contributed by atoms with E-state index >= 15 is 0 Å². The van der Waals surface area contributed by atoms with E-state index in [-0.39, 0.29) is 18.8 Å². The van der Waals surface area contributed by atoms with Crippen molar-refractivity contribution in [3.05, 3.63) is 0 Å². The Morgan fingerprint density at radius 2 is 1.89 bits per heavy atom. The maximum absolute atomic E-state index is 12.1. The maximum atomic E-state index is 12.1. The van der Waals surface area contributed by atoms with Crippen LogP contribution in [0.1, 0.15) is 12.8 Å². The number of hydrogen-bond acceptors (Lipinski definition) is 4. The van der Waals surface area contributed by atoms with Gasteiger partial charge in [0.2, 0.25) is 0 Å². The number of amides is 2. The molecule has 1 fully saturated rings. The third-order valence-corrected chi connectivity index (χ3v) is 3.82. The van der Waals surface area contributed by atoms with Gasteiger partial charge in [0.05, 0.1) is 5.75 Å². The first kappa shape index (κ1) is 15.7. The van der Waals surface area contributed by atoms with Crippen LogP contribution in [0.4, 0.5) is 4.79 Å². The monoisotopic (exact) mass is 292 g/mol. The number of hydrogen-bond donors (Lipinski definition) is 1. The second kappa shape index (κ2) is 6.23. The maximum Gasteiger partial charge on any atom is 0.323 e. The number of sulfone groups is 1. The molecule has 0 aromatic heterocycles. The Kier molecular flexibility index (Phi) is 5.16. The number of carboxylic acid groups (broad SMARTS) is 1. The number of rotatable bonds is 7. The van der Waals surface area contributed by atoms with Crippen LogP contribution >= 0.6 is 0 Å². The standard InChI is InChI=1S/C11H20N2O5S/c1-12(5-6-19(2,17)18)11(16)13(8-10(14)15)7-9-3-4-9/h9H,3-8H2,1-2H3,(H,14,15). The van der Waals surface area contributed by atoms with Crippen molar-refractivity contribution in [3.63, 3.8) is 0 Å². The third kappa shape index (κ3) is 6.42. The molecule has 0 atom stereocenters. The van der Waals surface area contributed by atoms with Gasteiger partial charge in [-0.05, 0) is 18.8 Å². The Hall–Kier alpha value is -1.31. The van der Waals surface area contributed by atoms with Crippen molar-refractivity contribution in [2.24, 2.45) is 5.92 Å². The van der Waals surface area contributed by atoms with Crippen LogP contribution in [0.5, 0.6) is 0 Å². The summed E-state index contributed by atoms with van der Waals surface area (Å²) in [6.45, 7) is 0.144. The number of carbonyl (C=O) groups excluding carboxylic acids is 1. The van der Waals surface area contributed by atoms with Gasteiger partial charge in [-0.2, -0.15) is 0 Å². The Bertz CT molecular complexity index is 444. The molecular weight excluding hydrogens is 272 g/mol. The first-order valence-electron chi connectivity index (χ1n) is 6.08. The summed E-state index contributed by atoms with van der Waals surface area (Å²) >= 11 is 0. The van der Waals surface area contributed by atoms with Gasteiger partial charge in [-0.3, -0.25) is 4.79 Å². The quantitative estimate of drug-likeness (QED) is 0.706. The molecule has 0 unspecified atom stereocenters. The predicted octanol–water partition coefficient (Wildman–Crippen LogP) is -0.121. The molecule has 1 aliphatic carbocycles. The number of carboxylic acids is 1. The van der Waals surface area contributed by atoms with E-state index in [0.717, 1.165) is 19.1 Å². The van der Waals surface area contributed by atoms with Crippen molar-refractivity contribution in [2.45, 2.75) is 12.8 Å². The third-order valence-electron chi connectivity index (χ3n) is 2.90. The number of nitrogens with zero attached hydrogens (tertiary/aromatic N) is 2. The SMILES string of the molecule is CN(CCS(C)(=O)=O)C(=O)N(CC(=O)O)CC1CC1. The van der Waals surface area contributed by atoms with Gasteiger partial charge in [0.1, 0.15) is 16.4 Å². The highest BCUT2D eigenvalue weighted by atomic mass is 32.2. The van der Waals surface area contributed by atoms with Crippen LogP contribution in [0.25, 0.3) is 0 Å². The Morgan fingerprint density at radius 1 is 1.32 bits per heavy atom. The van der Waals surface area contributed by atoms with Crippen LogP contribution in [-0.2, 0) is 14.6 Å². The summed E-state index contributed by atoms with van der Waals surface area (Å²) in [6.07, 6.45) is 3.12. The van der Waals surface area contributed by atoms with Gasteiger partial charge in [-0.25, -0.2) is 13.2 Å². The fourth-order valence-electron chi connectivity index (χ4n) is 1.63. The number of carbonyl (C=O) groups is 2. The molecule has 1 saturated carbocycles. The van der Waals surface area contributed by atoms with Crippen molar-refractivity contribution < 1.29 is 23.1 Å². The van der Waals surface area contributed by atoms with E-state index in [2.05, 4.69) is 0 Å². The van der Waals surface area contributed by atoms with Crippen LogP contribution < -0.4 is 0 Å². The van der Waals surface area contributed by atoms with Gasteiger partial charge in [-0.15, -0.1) is 0 Å². The van der Waals surface area contributed by atoms with Crippen LogP contribution in [0.2, 0.25) is 0 Å². The molecule has 0 aliphatic heterocycles. The molecule has 0 spiro atoms. The molecule has 19 heavy (non-hydrogen) atoms. The van der Waals surface area contributed by atoms with Gasteiger partial charge in [0.15, 0.2) is 0 Å². The van der Waals surface area contributed by atoms with Crippen LogP contribution in [-0.4, -0.2) is 74.0 Å². The van der Waals surface area contributed by atoms with Crippen LogP contribution in [0.3, 0.4) is 0 Å². The summed E-state index contributed by atoms with van der Waals surface area (Å²) in [6, 6.07) is -0.432. The predicted molar refractivity (Wildman–Crippen MR) is 69.7 cm³/mol. The molecule has 0 aromatic rings. The van der Waals surface area contributed by atoms with Gasteiger partial charge in [0, 0.05) is 26.4 Å². The zero-order valence-electron chi connectivity index (χ0n) is 11.2. The fraction of sp³-hybridized carbons (Fsp3) is 0.818. The van der Waals surface area contributed by atoms with Crippen molar-refractivity contribution in [2.75, 3.05) is 38.7 Å². The molecule has 0 saturated heterocycles. The van der Waals surface area contributed by atoms with Crippen LogP contribution in [0, 0.1) is 5.92 Å². The first-order valence-corrected chi connectivity index (χ1v) is 8.14. The summed E-state index contributed by atoms with van der Waals surface area (Å²) in [5.41, 5.74) is 0. The van der Waals surface area contributed by atoms with E-state index in [0.29, 0.717) is 12.5 Å². The zero-order valence-corrected chi connectivity index (χ0v) is 12.0. The Labute approximate surface area is 113 Å². The lowest BCUT2D eigenvalue weighted by Crippen LogP contribution is -2.45. The van der Waals surface area contributed by atoms with Gasteiger partial charge < -0.3 is 14.9 Å². The molecule has 2 amide bonds. The smallest absolute Gasteiger partial charge is 0.323 e. The molecule has 0 bridgehead atoms. The molecule has 0 aromatic carbocycles. The molecule has 0 heterocycles. The molecular formula is C11H20N2O5S. The van der Waals surface area contributed by atoms with E-state index in [1.165, 1.54) is 16.8 Å². The van der Waals surface area contributed by atoms with Gasteiger partial charge in [-0.1, -0.05) is 0 Å². The van der Waals surface area contributed by atoms with E-state index in [9.17, 15) is 18.0 Å². The zero-order chi connectivity index (χ0) is 14.6. The highest BCUT2D eigenvalue weighted by Crippen LogP contribution is 2.29. The second-order valence-corrected chi connectivity index (χ2v) is 7.31. The first-order chi connectivity index (χ1) is 8.69. The van der Waals surface area contributed by atoms with Crippen molar-refractivity contribution in [3.8, 4) is 0 Å². The highest BCUT2D eigenvalue weighted by molar-refractivity contribution is 7.90. The summed E-state index contributed by atoms with van der Waals surface area (Å²) in [5, 5.41) is 8.80. The average molecular weight is 292 g/mol. The molecule has 110 valence electrons.